The van der Waals surface area contributed by atoms with Crippen molar-refractivity contribution in [1.82, 2.24) is 14.7 Å². The fraction of sp³-hybridized carbons (Fsp3) is 0.333. The van der Waals surface area contributed by atoms with Crippen LogP contribution in [-0.4, -0.2) is 27.1 Å². The summed E-state index contributed by atoms with van der Waals surface area (Å²) < 4.78 is 28.6. The van der Waals surface area contributed by atoms with Crippen molar-refractivity contribution in [2.24, 2.45) is 7.05 Å². The fourth-order valence-electron chi connectivity index (χ4n) is 2.13. The lowest BCUT2D eigenvalue weighted by Crippen LogP contribution is -2.32. The molecule has 1 aromatic carbocycles. The first-order chi connectivity index (χ1) is 10.0. The summed E-state index contributed by atoms with van der Waals surface area (Å²) in [5, 5.41) is 4.04. The normalized spacial score (nSPS) is 10.7. The van der Waals surface area contributed by atoms with Crippen molar-refractivity contribution in [2.75, 3.05) is 6.54 Å². The molecular formula is C15H17F2N3O. The minimum Gasteiger partial charge on any atom is -0.334 e. The van der Waals surface area contributed by atoms with Crippen LogP contribution in [0.3, 0.4) is 0 Å². The van der Waals surface area contributed by atoms with E-state index in [1.165, 1.54) is 4.90 Å². The van der Waals surface area contributed by atoms with E-state index in [1.54, 1.807) is 24.1 Å². The van der Waals surface area contributed by atoms with Gasteiger partial charge in [0.15, 0.2) is 0 Å². The van der Waals surface area contributed by atoms with Gasteiger partial charge >= 0.3 is 0 Å². The van der Waals surface area contributed by atoms with Gasteiger partial charge in [-0.15, -0.1) is 0 Å². The quantitative estimate of drug-likeness (QED) is 0.850. The molecule has 0 unspecified atom stereocenters. The summed E-state index contributed by atoms with van der Waals surface area (Å²) in [4.78, 5) is 13.9. The highest BCUT2D eigenvalue weighted by Gasteiger charge is 2.20. The summed E-state index contributed by atoms with van der Waals surface area (Å²) in [6, 6.07) is 2.90. The first-order valence-corrected chi connectivity index (χ1v) is 6.73. The molecule has 2 rings (SSSR count). The van der Waals surface area contributed by atoms with Gasteiger partial charge in [-0.05, 0) is 24.6 Å². The van der Waals surface area contributed by atoms with Crippen LogP contribution in [0, 0.1) is 11.6 Å². The van der Waals surface area contributed by atoms with E-state index >= 15 is 0 Å². The Bertz CT molecular complexity index is 640. The molecule has 0 aliphatic heterocycles. The summed E-state index contributed by atoms with van der Waals surface area (Å²) in [6.45, 7) is 2.70. The first kappa shape index (κ1) is 15.2. The van der Waals surface area contributed by atoms with E-state index in [0.29, 0.717) is 13.1 Å². The summed E-state index contributed by atoms with van der Waals surface area (Å²) >= 11 is 0. The first-order valence-electron chi connectivity index (χ1n) is 6.73. The zero-order valence-electron chi connectivity index (χ0n) is 12.0. The summed E-state index contributed by atoms with van der Waals surface area (Å²) in [5.74, 6) is -1.86. The highest BCUT2D eigenvalue weighted by Crippen LogP contribution is 2.15. The lowest BCUT2D eigenvalue weighted by atomic mass is 10.1. The second kappa shape index (κ2) is 6.47. The molecule has 0 radical (unpaired) electrons. The molecule has 6 heteroatoms. The maximum atomic E-state index is 13.7. The molecule has 2 aromatic rings. The predicted molar refractivity (Wildman–Crippen MR) is 74.6 cm³/mol. The number of hydrogen-bond donors (Lipinski definition) is 0. The maximum Gasteiger partial charge on any atom is 0.257 e. The number of aromatic nitrogens is 2. The number of carbonyl (C=O) groups excluding carboxylic acids is 1. The van der Waals surface area contributed by atoms with Gasteiger partial charge in [-0.1, -0.05) is 6.92 Å². The monoisotopic (exact) mass is 293 g/mol. The molecule has 0 spiro atoms. The molecule has 0 bridgehead atoms. The van der Waals surface area contributed by atoms with Gasteiger partial charge in [-0.3, -0.25) is 9.48 Å². The van der Waals surface area contributed by atoms with Gasteiger partial charge < -0.3 is 4.90 Å². The Hall–Kier alpha value is -2.24. The van der Waals surface area contributed by atoms with E-state index in [2.05, 4.69) is 5.10 Å². The highest BCUT2D eigenvalue weighted by molar-refractivity contribution is 5.94. The van der Waals surface area contributed by atoms with E-state index in [1.807, 2.05) is 6.92 Å². The van der Waals surface area contributed by atoms with Crippen LogP contribution >= 0.6 is 0 Å². The van der Waals surface area contributed by atoms with Gasteiger partial charge in [0, 0.05) is 31.9 Å². The summed E-state index contributed by atoms with van der Waals surface area (Å²) in [6.07, 6.45) is 4.17. The third kappa shape index (κ3) is 3.65. The van der Waals surface area contributed by atoms with Crippen LogP contribution in [-0.2, 0) is 13.6 Å². The van der Waals surface area contributed by atoms with Crippen LogP contribution < -0.4 is 0 Å². The minimum absolute atomic E-state index is 0.243. The van der Waals surface area contributed by atoms with Crippen molar-refractivity contribution in [1.29, 1.82) is 0 Å². The van der Waals surface area contributed by atoms with Gasteiger partial charge in [-0.2, -0.15) is 5.10 Å². The molecule has 1 aromatic heterocycles. The smallest absolute Gasteiger partial charge is 0.257 e. The Labute approximate surface area is 122 Å². The lowest BCUT2D eigenvalue weighted by molar-refractivity contribution is 0.0738. The minimum atomic E-state index is -0.714. The van der Waals surface area contributed by atoms with Crippen molar-refractivity contribution >= 4 is 5.91 Å². The molecule has 0 saturated heterocycles. The molecule has 0 N–H and O–H groups in total. The molecule has 112 valence electrons. The second-order valence-corrected chi connectivity index (χ2v) is 4.87. The lowest BCUT2D eigenvalue weighted by Gasteiger charge is -2.21. The topological polar surface area (TPSA) is 38.1 Å². The summed E-state index contributed by atoms with van der Waals surface area (Å²) in [7, 11) is 1.78. The van der Waals surface area contributed by atoms with Crippen molar-refractivity contribution in [2.45, 2.75) is 19.9 Å². The molecule has 4 nitrogen and oxygen atoms in total. The second-order valence-electron chi connectivity index (χ2n) is 4.87. The van der Waals surface area contributed by atoms with Gasteiger partial charge in [0.25, 0.3) is 5.91 Å². The van der Waals surface area contributed by atoms with Gasteiger partial charge in [0.1, 0.15) is 11.6 Å². The standard InChI is InChI=1S/C15H17F2N3O/c1-3-6-20(10-11-8-18-19(2)9-11)15(21)13-7-12(16)4-5-14(13)17/h4-5,7-9H,3,6,10H2,1-2H3. The SMILES string of the molecule is CCCN(Cc1cnn(C)c1)C(=O)c1cc(F)ccc1F. The zero-order valence-corrected chi connectivity index (χ0v) is 12.0. The Kier molecular flexibility index (Phi) is 4.67. The number of nitrogens with zero attached hydrogens (tertiary/aromatic N) is 3. The molecule has 0 saturated carbocycles. The Morgan fingerprint density at radius 3 is 2.76 bits per heavy atom. The fourth-order valence-corrected chi connectivity index (χ4v) is 2.13. The van der Waals surface area contributed by atoms with Crippen LogP contribution in [0.2, 0.25) is 0 Å². The number of carbonyl (C=O) groups is 1. The number of amides is 1. The number of halogens is 2. The average molecular weight is 293 g/mol. The van der Waals surface area contributed by atoms with E-state index in [4.69, 9.17) is 0 Å². The maximum absolute atomic E-state index is 13.7. The van der Waals surface area contributed by atoms with Crippen molar-refractivity contribution < 1.29 is 13.6 Å². The number of benzene rings is 1. The van der Waals surface area contributed by atoms with Gasteiger partial charge in [0.2, 0.25) is 0 Å². The summed E-state index contributed by atoms with van der Waals surface area (Å²) in [5.41, 5.74) is 0.600. The van der Waals surface area contributed by atoms with Crippen molar-refractivity contribution in [3.8, 4) is 0 Å². The average Bonchev–Trinajstić information content (AvgIpc) is 2.86. The number of rotatable bonds is 5. The van der Waals surface area contributed by atoms with Crippen molar-refractivity contribution in [3.05, 3.63) is 53.4 Å². The number of hydrogen-bond acceptors (Lipinski definition) is 2. The molecule has 1 amide bonds. The van der Waals surface area contributed by atoms with E-state index in [9.17, 15) is 13.6 Å². The van der Waals surface area contributed by atoms with E-state index < -0.39 is 17.5 Å². The molecule has 0 atom stereocenters. The molecule has 0 aliphatic rings. The van der Waals surface area contributed by atoms with E-state index in [0.717, 1.165) is 30.2 Å². The van der Waals surface area contributed by atoms with Crippen LogP contribution in [0.15, 0.2) is 30.6 Å². The molecule has 21 heavy (non-hydrogen) atoms. The van der Waals surface area contributed by atoms with E-state index in [-0.39, 0.29) is 5.56 Å². The Morgan fingerprint density at radius 2 is 2.14 bits per heavy atom. The van der Waals surface area contributed by atoms with Gasteiger partial charge in [0.05, 0.1) is 11.8 Å². The van der Waals surface area contributed by atoms with Crippen LogP contribution in [0.5, 0.6) is 0 Å². The van der Waals surface area contributed by atoms with Gasteiger partial charge in [-0.25, -0.2) is 8.78 Å². The molecule has 0 fully saturated rings. The Morgan fingerprint density at radius 1 is 1.38 bits per heavy atom. The highest BCUT2D eigenvalue weighted by atomic mass is 19.1. The third-order valence-electron chi connectivity index (χ3n) is 3.07. The molecule has 1 heterocycles. The number of aryl methyl sites for hydroxylation is 1. The van der Waals surface area contributed by atoms with Crippen LogP contribution in [0.25, 0.3) is 0 Å². The predicted octanol–water partition coefficient (Wildman–Crippen LogP) is 2.75. The molecular weight excluding hydrogens is 276 g/mol. The molecule has 0 aliphatic carbocycles. The zero-order chi connectivity index (χ0) is 15.4. The largest absolute Gasteiger partial charge is 0.334 e. The van der Waals surface area contributed by atoms with Crippen molar-refractivity contribution in [3.63, 3.8) is 0 Å². The third-order valence-corrected chi connectivity index (χ3v) is 3.07. The Balaban J connectivity index is 2.24. The van der Waals surface area contributed by atoms with Crippen LogP contribution in [0.4, 0.5) is 8.78 Å². The van der Waals surface area contributed by atoms with Crippen LogP contribution in [0.1, 0.15) is 29.3 Å².